The molecule has 1 aliphatic heterocycles. The van der Waals surface area contributed by atoms with Gasteiger partial charge in [0.05, 0.1) is 13.2 Å². The smallest absolute Gasteiger partial charge is 0.314 e. The molecule has 1 aromatic rings. The first-order valence-electron chi connectivity index (χ1n) is 10.2. The molecule has 0 radical (unpaired) electrons. The van der Waals surface area contributed by atoms with Gasteiger partial charge in [-0.1, -0.05) is 12.1 Å². The van der Waals surface area contributed by atoms with Crippen LogP contribution < -0.4 is 0 Å². The number of hydrogen-bond acceptors (Lipinski definition) is 4. The predicted molar refractivity (Wildman–Crippen MR) is 122 cm³/mol. The number of rotatable bonds is 8. The van der Waals surface area contributed by atoms with E-state index in [2.05, 4.69) is 58.0 Å². The Bertz CT molecular complexity index is 631. The molecule has 1 aliphatic rings. The van der Waals surface area contributed by atoms with Crippen molar-refractivity contribution in [3.8, 4) is 0 Å². The van der Waals surface area contributed by atoms with E-state index >= 15 is 0 Å². The van der Waals surface area contributed by atoms with Crippen molar-refractivity contribution in [3.63, 3.8) is 0 Å². The van der Waals surface area contributed by atoms with Gasteiger partial charge in [-0.05, 0) is 76.0 Å². The molecule has 0 aromatic heterocycles. The van der Waals surface area contributed by atoms with Crippen molar-refractivity contribution in [1.82, 2.24) is 4.90 Å². The summed E-state index contributed by atoms with van der Waals surface area (Å²) in [6.45, 7) is 18.2. The van der Waals surface area contributed by atoms with Gasteiger partial charge in [-0.2, -0.15) is 0 Å². The lowest BCUT2D eigenvalue weighted by molar-refractivity contribution is 0.0303. The van der Waals surface area contributed by atoms with E-state index in [0.717, 1.165) is 18.0 Å². The average Bonchev–Trinajstić information content (AvgIpc) is 2.57. The molecule has 1 aromatic carbocycles. The van der Waals surface area contributed by atoms with E-state index in [9.17, 15) is 4.79 Å². The standard InChI is InChI=1S/C20H37NO4Si3/c1-26(2,3)24-28(7,25-27(4,5)6)17-12-18-8-10-19(11-9-18)20(22)21-13-15-23-16-14-21/h8-11H,12-17H2,1-7H3. The number of nitrogens with zero attached hydrogens (tertiary/aromatic N) is 1. The van der Waals surface area contributed by atoms with Crippen molar-refractivity contribution in [2.75, 3.05) is 26.3 Å². The molecule has 0 saturated carbocycles. The summed E-state index contributed by atoms with van der Waals surface area (Å²) in [5.41, 5.74) is 1.98. The lowest BCUT2D eigenvalue weighted by Crippen LogP contribution is -2.52. The fraction of sp³-hybridized carbons (Fsp3) is 0.650. The largest absolute Gasteiger partial charge is 0.437 e. The van der Waals surface area contributed by atoms with Crippen LogP contribution in [0.5, 0.6) is 0 Å². The van der Waals surface area contributed by atoms with Crippen LogP contribution in [-0.2, 0) is 19.4 Å². The minimum atomic E-state index is -2.23. The number of carbonyl (C=O) groups excluding carboxylic acids is 1. The van der Waals surface area contributed by atoms with Crippen molar-refractivity contribution in [2.24, 2.45) is 0 Å². The summed E-state index contributed by atoms with van der Waals surface area (Å²) in [7, 11) is -5.58. The van der Waals surface area contributed by atoms with Crippen molar-refractivity contribution in [1.29, 1.82) is 0 Å². The van der Waals surface area contributed by atoms with Gasteiger partial charge >= 0.3 is 8.56 Å². The van der Waals surface area contributed by atoms with Crippen LogP contribution in [0.1, 0.15) is 15.9 Å². The summed E-state index contributed by atoms with van der Waals surface area (Å²) < 4.78 is 18.5. The van der Waals surface area contributed by atoms with Crippen molar-refractivity contribution in [3.05, 3.63) is 35.4 Å². The number of carbonyl (C=O) groups is 1. The lowest BCUT2D eigenvalue weighted by Gasteiger charge is -2.38. The van der Waals surface area contributed by atoms with Gasteiger partial charge in [0.2, 0.25) is 0 Å². The molecule has 1 amide bonds. The fourth-order valence-electron chi connectivity index (χ4n) is 3.55. The number of benzene rings is 1. The Balaban J connectivity index is 2.01. The summed E-state index contributed by atoms with van der Waals surface area (Å²) in [5, 5.41) is 0. The van der Waals surface area contributed by atoms with E-state index in [1.54, 1.807) is 0 Å². The predicted octanol–water partition coefficient (Wildman–Crippen LogP) is 4.48. The van der Waals surface area contributed by atoms with Gasteiger partial charge in [0.1, 0.15) is 0 Å². The second-order valence-electron chi connectivity index (χ2n) is 9.66. The molecule has 0 aliphatic carbocycles. The zero-order chi connectivity index (χ0) is 21.0. The molecule has 0 N–H and O–H groups in total. The minimum Gasteiger partial charge on any atom is -0.437 e. The molecule has 0 unspecified atom stereocenters. The number of morpholine rings is 1. The van der Waals surface area contributed by atoms with Gasteiger partial charge in [0.15, 0.2) is 16.6 Å². The third kappa shape index (κ3) is 7.92. The summed E-state index contributed by atoms with van der Waals surface area (Å²) in [5.74, 6) is 0.0956. The topological polar surface area (TPSA) is 48.0 Å². The molecule has 0 bridgehead atoms. The van der Waals surface area contributed by atoms with E-state index in [-0.39, 0.29) is 5.91 Å². The van der Waals surface area contributed by atoms with E-state index < -0.39 is 25.2 Å². The highest BCUT2D eigenvalue weighted by molar-refractivity contribution is 6.87. The Kier molecular flexibility index (Phi) is 7.85. The van der Waals surface area contributed by atoms with Gasteiger partial charge in [-0.25, -0.2) is 0 Å². The Labute approximate surface area is 173 Å². The highest BCUT2D eigenvalue weighted by atomic mass is 28.5. The Morgan fingerprint density at radius 1 is 0.929 bits per heavy atom. The molecule has 1 heterocycles. The highest BCUT2D eigenvalue weighted by Crippen LogP contribution is 2.26. The van der Waals surface area contributed by atoms with Gasteiger partial charge in [0, 0.05) is 18.7 Å². The van der Waals surface area contributed by atoms with Crippen LogP contribution in [-0.4, -0.2) is 62.3 Å². The third-order valence-corrected chi connectivity index (χ3v) is 13.9. The second-order valence-corrected chi connectivity index (χ2v) is 22.5. The van der Waals surface area contributed by atoms with E-state index in [1.165, 1.54) is 5.56 Å². The van der Waals surface area contributed by atoms with E-state index in [4.69, 9.17) is 13.0 Å². The Morgan fingerprint density at radius 2 is 1.43 bits per heavy atom. The maximum absolute atomic E-state index is 12.6. The molecule has 28 heavy (non-hydrogen) atoms. The van der Waals surface area contributed by atoms with Gasteiger partial charge < -0.3 is 17.9 Å². The van der Waals surface area contributed by atoms with Crippen LogP contribution in [0.3, 0.4) is 0 Å². The van der Waals surface area contributed by atoms with Gasteiger partial charge in [-0.15, -0.1) is 0 Å². The Hall–Kier alpha value is -0.779. The zero-order valence-corrected chi connectivity index (χ0v) is 21.6. The highest BCUT2D eigenvalue weighted by Gasteiger charge is 2.39. The molecular weight excluding hydrogens is 402 g/mol. The molecule has 8 heteroatoms. The number of amides is 1. The maximum atomic E-state index is 12.6. The molecule has 1 saturated heterocycles. The zero-order valence-electron chi connectivity index (χ0n) is 18.6. The first-order valence-corrected chi connectivity index (χ1v) is 19.6. The molecule has 1 fully saturated rings. The first-order chi connectivity index (χ1) is 12.9. The number of hydrogen-bond donors (Lipinski definition) is 0. The summed E-state index contributed by atoms with van der Waals surface area (Å²) in [4.78, 5) is 14.5. The average molecular weight is 440 g/mol. The summed E-state index contributed by atoms with van der Waals surface area (Å²) in [6.07, 6.45) is 0.920. The Morgan fingerprint density at radius 3 is 1.89 bits per heavy atom. The van der Waals surface area contributed by atoms with Crippen molar-refractivity contribution >= 4 is 31.1 Å². The molecule has 5 nitrogen and oxygen atoms in total. The van der Waals surface area contributed by atoms with Crippen LogP contribution in [0.15, 0.2) is 24.3 Å². The molecule has 0 atom stereocenters. The maximum Gasteiger partial charge on any atom is 0.314 e. The SMILES string of the molecule is C[Si](C)(C)O[Si](C)(CCc1ccc(C(=O)N2CCOCC2)cc1)O[Si](C)(C)C. The van der Waals surface area contributed by atoms with Crippen LogP contribution in [0.4, 0.5) is 0 Å². The van der Waals surface area contributed by atoms with Crippen molar-refractivity contribution < 1.29 is 17.8 Å². The summed E-state index contributed by atoms with van der Waals surface area (Å²) >= 11 is 0. The van der Waals surface area contributed by atoms with E-state index in [1.807, 2.05) is 17.0 Å². The quantitative estimate of drug-likeness (QED) is 0.561. The van der Waals surface area contributed by atoms with Gasteiger partial charge in [0.25, 0.3) is 5.91 Å². The number of ether oxygens (including phenoxy) is 1. The molecule has 158 valence electrons. The summed E-state index contributed by atoms with van der Waals surface area (Å²) in [6, 6.07) is 8.99. The third-order valence-electron chi connectivity index (χ3n) is 4.41. The van der Waals surface area contributed by atoms with Crippen molar-refractivity contribution in [2.45, 2.75) is 58.3 Å². The van der Waals surface area contributed by atoms with Crippen LogP contribution in [0.25, 0.3) is 0 Å². The van der Waals surface area contributed by atoms with Crippen LogP contribution in [0.2, 0.25) is 51.9 Å². The first kappa shape index (κ1) is 23.5. The molecule has 0 spiro atoms. The normalized spacial score (nSPS) is 16.3. The number of aryl methyl sites for hydroxylation is 1. The minimum absolute atomic E-state index is 0.0956. The van der Waals surface area contributed by atoms with Gasteiger partial charge in [-0.3, -0.25) is 4.79 Å². The second kappa shape index (κ2) is 9.36. The van der Waals surface area contributed by atoms with E-state index in [0.29, 0.717) is 26.3 Å². The fourth-order valence-corrected chi connectivity index (χ4v) is 16.0. The lowest BCUT2D eigenvalue weighted by atomic mass is 10.1. The van der Waals surface area contributed by atoms with Crippen LogP contribution >= 0.6 is 0 Å². The molecule has 2 rings (SSSR count). The monoisotopic (exact) mass is 439 g/mol. The van der Waals surface area contributed by atoms with Crippen LogP contribution in [0, 0.1) is 0 Å². The molecular formula is C20H37NO4Si3.